The highest BCUT2D eigenvalue weighted by atomic mass is 19.4. The minimum absolute atomic E-state index is 0.0390. The third kappa shape index (κ3) is 7.70. The highest BCUT2D eigenvalue weighted by Crippen LogP contribution is 2.31. The maximum absolute atomic E-state index is 13.4. The molecule has 0 bridgehead atoms. The zero-order valence-electron chi connectivity index (χ0n) is 20.7. The smallest absolute Gasteiger partial charge is 0.416 e. The Bertz CT molecular complexity index is 1190. The van der Waals surface area contributed by atoms with E-state index in [1.807, 2.05) is 6.07 Å². The molecule has 0 fully saturated rings. The standard InChI is InChI=1S/C26H30F3N5O4/c27-26(28,29)19-8-5-18(6-9-19)15-34-21-10-7-17(4-2-1-3-12-32-25(30)31)14-20(21)24(38)33(16-22(34)35)13-11-23(36)37/h5-10,14H,1-4,11-13,15-16H2,(H,36,37)(H4,30,31,32). The number of aliphatic carboxylic acids is 1. The van der Waals surface area contributed by atoms with Gasteiger partial charge in [-0.1, -0.05) is 24.6 Å². The molecule has 0 saturated heterocycles. The van der Waals surface area contributed by atoms with Crippen LogP contribution >= 0.6 is 0 Å². The Morgan fingerprint density at radius 1 is 1.00 bits per heavy atom. The van der Waals surface area contributed by atoms with Crippen molar-refractivity contribution in [2.45, 2.75) is 44.8 Å². The Hall–Kier alpha value is -4.09. The van der Waals surface area contributed by atoms with Gasteiger partial charge in [0.1, 0.15) is 6.54 Å². The summed E-state index contributed by atoms with van der Waals surface area (Å²) in [6, 6.07) is 9.63. The summed E-state index contributed by atoms with van der Waals surface area (Å²) in [5, 5.41) is 9.09. The highest BCUT2D eigenvalue weighted by Gasteiger charge is 2.33. The molecule has 12 heteroatoms. The van der Waals surface area contributed by atoms with Crippen molar-refractivity contribution in [2.24, 2.45) is 16.5 Å². The molecule has 0 aromatic heterocycles. The Morgan fingerprint density at radius 2 is 1.68 bits per heavy atom. The molecule has 204 valence electrons. The van der Waals surface area contributed by atoms with Gasteiger partial charge in [-0.05, 0) is 54.7 Å². The molecule has 2 amide bonds. The normalized spacial score (nSPS) is 13.8. The number of nitrogens with zero attached hydrogens (tertiary/aromatic N) is 3. The van der Waals surface area contributed by atoms with E-state index in [9.17, 15) is 27.6 Å². The van der Waals surface area contributed by atoms with Crippen molar-refractivity contribution < 1.29 is 32.7 Å². The number of carboxylic acids is 1. The predicted octanol–water partition coefficient (Wildman–Crippen LogP) is 3.16. The average molecular weight is 534 g/mol. The number of unbranched alkanes of at least 4 members (excludes halogenated alkanes) is 2. The zero-order chi connectivity index (χ0) is 27.9. The van der Waals surface area contributed by atoms with Crippen molar-refractivity contribution >= 4 is 29.4 Å². The number of anilines is 1. The summed E-state index contributed by atoms with van der Waals surface area (Å²) < 4.78 is 38.9. The minimum atomic E-state index is -4.48. The monoisotopic (exact) mass is 533 g/mol. The van der Waals surface area contributed by atoms with Gasteiger partial charge in [-0.3, -0.25) is 19.4 Å². The van der Waals surface area contributed by atoms with E-state index in [2.05, 4.69) is 4.99 Å². The predicted molar refractivity (Wildman–Crippen MR) is 135 cm³/mol. The van der Waals surface area contributed by atoms with Crippen LogP contribution in [-0.2, 0) is 28.7 Å². The largest absolute Gasteiger partial charge is 0.481 e. The summed E-state index contributed by atoms with van der Waals surface area (Å²) in [5.41, 5.74) is 11.7. The molecule has 0 saturated carbocycles. The molecule has 1 aliphatic rings. The van der Waals surface area contributed by atoms with Gasteiger partial charge in [-0.15, -0.1) is 0 Å². The van der Waals surface area contributed by atoms with Crippen molar-refractivity contribution in [3.63, 3.8) is 0 Å². The number of amides is 2. The van der Waals surface area contributed by atoms with Gasteiger partial charge in [0.2, 0.25) is 5.91 Å². The first-order valence-corrected chi connectivity index (χ1v) is 12.1. The quantitative estimate of drug-likeness (QED) is 0.230. The van der Waals surface area contributed by atoms with Crippen LogP contribution in [0, 0.1) is 0 Å². The fraction of sp³-hybridized carbons (Fsp3) is 0.385. The second kappa shape index (κ2) is 12.4. The summed E-state index contributed by atoms with van der Waals surface area (Å²) in [6.45, 7) is -0.0250. The third-order valence-electron chi connectivity index (χ3n) is 6.13. The Morgan fingerprint density at radius 3 is 2.32 bits per heavy atom. The summed E-state index contributed by atoms with van der Waals surface area (Å²) in [5.74, 6) is -2.00. The van der Waals surface area contributed by atoms with E-state index in [0.717, 1.165) is 37.0 Å². The number of aliphatic imine (C=N–C) groups is 1. The minimum Gasteiger partial charge on any atom is -0.481 e. The number of aryl methyl sites for hydroxylation is 1. The van der Waals surface area contributed by atoms with Crippen molar-refractivity contribution in [2.75, 3.05) is 24.5 Å². The summed E-state index contributed by atoms with van der Waals surface area (Å²) in [7, 11) is 0. The van der Waals surface area contributed by atoms with Gasteiger partial charge < -0.3 is 26.4 Å². The second-order valence-corrected chi connectivity index (χ2v) is 9.01. The lowest BCUT2D eigenvalue weighted by atomic mass is 10.0. The van der Waals surface area contributed by atoms with E-state index in [1.165, 1.54) is 21.9 Å². The molecule has 3 rings (SSSR count). The number of nitrogens with two attached hydrogens (primary N) is 2. The fourth-order valence-electron chi connectivity index (χ4n) is 4.16. The number of hydrogen-bond acceptors (Lipinski definition) is 4. The highest BCUT2D eigenvalue weighted by molar-refractivity contribution is 6.09. The van der Waals surface area contributed by atoms with E-state index in [0.29, 0.717) is 24.2 Å². The number of fused-ring (bicyclic) bond motifs is 1. The van der Waals surface area contributed by atoms with Crippen LogP contribution in [0.25, 0.3) is 0 Å². The molecule has 0 unspecified atom stereocenters. The van der Waals surface area contributed by atoms with Crippen molar-refractivity contribution in [1.29, 1.82) is 0 Å². The number of carboxylic acid groups (broad SMARTS) is 1. The molecule has 38 heavy (non-hydrogen) atoms. The van der Waals surface area contributed by atoms with Crippen LogP contribution in [0.4, 0.5) is 18.9 Å². The van der Waals surface area contributed by atoms with Gasteiger partial charge >= 0.3 is 12.1 Å². The van der Waals surface area contributed by atoms with Crippen LogP contribution in [0.1, 0.15) is 52.7 Å². The SMILES string of the molecule is NC(N)=NCCCCCc1ccc2c(c1)C(=O)N(CCC(=O)O)CC(=O)N2Cc1ccc(C(F)(F)F)cc1. The first-order valence-electron chi connectivity index (χ1n) is 12.1. The summed E-state index contributed by atoms with van der Waals surface area (Å²) >= 11 is 0. The van der Waals surface area contributed by atoms with Crippen LogP contribution in [0.5, 0.6) is 0 Å². The maximum Gasteiger partial charge on any atom is 0.416 e. The Labute approximate surface area is 217 Å². The zero-order valence-corrected chi connectivity index (χ0v) is 20.7. The Kier molecular flexibility index (Phi) is 9.32. The Balaban J connectivity index is 1.85. The molecule has 9 nitrogen and oxygen atoms in total. The summed E-state index contributed by atoms with van der Waals surface area (Å²) in [4.78, 5) is 44.2. The molecule has 0 atom stereocenters. The first-order chi connectivity index (χ1) is 18.0. The number of guanidine groups is 1. The van der Waals surface area contributed by atoms with Crippen molar-refractivity contribution in [1.82, 2.24) is 4.90 Å². The molecule has 2 aromatic carbocycles. The van der Waals surface area contributed by atoms with Gasteiger partial charge in [0.25, 0.3) is 5.91 Å². The van der Waals surface area contributed by atoms with Crippen LogP contribution in [0.15, 0.2) is 47.5 Å². The lowest BCUT2D eigenvalue weighted by molar-refractivity contribution is -0.138. The lowest BCUT2D eigenvalue weighted by Crippen LogP contribution is -2.40. The second-order valence-electron chi connectivity index (χ2n) is 9.01. The van der Waals surface area contributed by atoms with Gasteiger partial charge in [-0.2, -0.15) is 13.2 Å². The lowest BCUT2D eigenvalue weighted by Gasteiger charge is -2.23. The molecule has 1 heterocycles. The topological polar surface area (TPSA) is 142 Å². The number of benzene rings is 2. The van der Waals surface area contributed by atoms with E-state index in [-0.39, 0.29) is 37.6 Å². The third-order valence-corrected chi connectivity index (χ3v) is 6.13. The van der Waals surface area contributed by atoms with Crippen LogP contribution < -0.4 is 16.4 Å². The van der Waals surface area contributed by atoms with E-state index >= 15 is 0 Å². The van der Waals surface area contributed by atoms with Crippen LogP contribution in [0.2, 0.25) is 0 Å². The number of alkyl halides is 3. The van der Waals surface area contributed by atoms with Crippen LogP contribution in [0.3, 0.4) is 0 Å². The molecule has 0 radical (unpaired) electrons. The number of carbonyl (C=O) groups excluding carboxylic acids is 2. The number of halogens is 3. The molecular weight excluding hydrogens is 503 g/mol. The maximum atomic E-state index is 13.4. The van der Waals surface area contributed by atoms with Gasteiger partial charge in [0.05, 0.1) is 29.8 Å². The molecule has 0 spiro atoms. The molecular formula is C26H30F3N5O4. The van der Waals surface area contributed by atoms with E-state index in [4.69, 9.17) is 16.6 Å². The van der Waals surface area contributed by atoms with Gasteiger partial charge in [0.15, 0.2) is 5.96 Å². The van der Waals surface area contributed by atoms with Gasteiger partial charge in [-0.25, -0.2) is 0 Å². The van der Waals surface area contributed by atoms with Crippen molar-refractivity contribution in [3.05, 3.63) is 64.7 Å². The molecule has 2 aromatic rings. The molecule has 0 aliphatic carbocycles. The average Bonchev–Trinajstić information content (AvgIpc) is 2.94. The first kappa shape index (κ1) is 28.5. The fourth-order valence-corrected chi connectivity index (χ4v) is 4.16. The van der Waals surface area contributed by atoms with Crippen molar-refractivity contribution in [3.8, 4) is 0 Å². The molecule has 5 N–H and O–H groups in total. The van der Waals surface area contributed by atoms with Gasteiger partial charge in [0, 0.05) is 13.1 Å². The summed E-state index contributed by atoms with van der Waals surface area (Å²) in [6.07, 6.45) is -1.70. The van der Waals surface area contributed by atoms with E-state index < -0.39 is 29.5 Å². The van der Waals surface area contributed by atoms with Crippen LogP contribution in [-0.4, -0.2) is 53.4 Å². The number of rotatable bonds is 11. The number of carbonyl (C=O) groups is 3. The van der Waals surface area contributed by atoms with E-state index in [1.54, 1.807) is 12.1 Å². The molecule has 1 aliphatic heterocycles. The number of hydrogen-bond donors (Lipinski definition) is 3.